The Morgan fingerprint density at radius 1 is 1.33 bits per heavy atom. The maximum Gasteiger partial charge on any atom is 0.170 e. The van der Waals surface area contributed by atoms with Crippen LogP contribution in [0.3, 0.4) is 0 Å². The van der Waals surface area contributed by atoms with E-state index in [4.69, 9.17) is 20.8 Å². The van der Waals surface area contributed by atoms with E-state index in [9.17, 15) is 0 Å². The number of benzene rings is 1. The van der Waals surface area contributed by atoms with E-state index in [0.717, 1.165) is 12.2 Å². The minimum Gasteiger partial charge on any atom is -0.492 e. The number of oxime groups is 1. The summed E-state index contributed by atoms with van der Waals surface area (Å²) in [4.78, 5) is 0. The molecule has 0 heterocycles. The second-order valence-electron chi connectivity index (χ2n) is 5.17. The Hall–Kier alpha value is -1.79. The predicted molar refractivity (Wildman–Crippen MR) is 82.8 cm³/mol. The first kappa shape index (κ1) is 17.3. The van der Waals surface area contributed by atoms with Crippen LogP contribution in [0.1, 0.15) is 25.8 Å². The lowest BCUT2D eigenvalue weighted by atomic mass is 10.0. The summed E-state index contributed by atoms with van der Waals surface area (Å²) in [6, 6.07) is 7.32. The molecule has 1 rings (SSSR count). The maximum atomic E-state index is 9.00. The predicted octanol–water partition coefficient (Wildman–Crippen LogP) is 1.16. The van der Waals surface area contributed by atoms with E-state index in [2.05, 4.69) is 24.3 Å². The molecule has 0 aliphatic heterocycles. The Balaban J connectivity index is 2.35. The van der Waals surface area contributed by atoms with Crippen molar-refractivity contribution < 1.29 is 15.1 Å². The van der Waals surface area contributed by atoms with Crippen molar-refractivity contribution in [2.75, 3.05) is 19.8 Å². The van der Waals surface area contributed by atoms with Gasteiger partial charge in [0, 0.05) is 24.8 Å². The van der Waals surface area contributed by atoms with Gasteiger partial charge in [0.25, 0.3) is 0 Å². The summed E-state index contributed by atoms with van der Waals surface area (Å²) in [5.74, 6) is 1.28. The lowest BCUT2D eigenvalue weighted by molar-refractivity contribution is 0.234. The van der Waals surface area contributed by atoms with Gasteiger partial charge in [0.05, 0.1) is 0 Å². The fourth-order valence-electron chi connectivity index (χ4n) is 2.00. The van der Waals surface area contributed by atoms with Crippen molar-refractivity contribution in [3.05, 3.63) is 29.8 Å². The highest BCUT2D eigenvalue weighted by Gasteiger charge is 2.11. The molecule has 21 heavy (non-hydrogen) atoms. The highest BCUT2D eigenvalue weighted by atomic mass is 16.5. The summed E-state index contributed by atoms with van der Waals surface area (Å²) in [5.41, 5.74) is 6.13. The van der Waals surface area contributed by atoms with Gasteiger partial charge in [-0.3, -0.25) is 0 Å². The number of nitrogens with two attached hydrogens (primary N) is 1. The van der Waals surface area contributed by atoms with E-state index in [1.807, 2.05) is 0 Å². The highest BCUT2D eigenvalue weighted by Crippen LogP contribution is 2.12. The molecule has 0 aliphatic rings. The van der Waals surface area contributed by atoms with Gasteiger partial charge < -0.3 is 26.1 Å². The zero-order valence-electron chi connectivity index (χ0n) is 12.6. The van der Waals surface area contributed by atoms with Crippen LogP contribution in [-0.2, 0) is 0 Å². The summed E-state index contributed by atoms with van der Waals surface area (Å²) in [7, 11) is 0. The van der Waals surface area contributed by atoms with Crippen molar-refractivity contribution >= 4 is 5.84 Å². The third-order valence-corrected chi connectivity index (χ3v) is 3.28. The van der Waals surface area contributed by atoms with E-state index in [-0.39, 0.29) is 12.4 Å². The van der Waals surface area contributed by atoms with E-state index in [1.54, 1.807) is 24.3 Å². The number of ether oxygens (including phenoxy) is 1. The Morgan fingerprint density at radius 3 is 2.52 bits per heavy atom. The van der Waals surface area contributed by atoms with Gasteiger partial charge in [-0.15, -0.1) is 0 Å². The molecule has 1 aromatic carbocycles. The minimum atomic E-state index is 0.0759. The zero-order chi connectivity index (χ0) is 15.7. The van der Waals surface area contributed by atoms with Gasteiger partial charge in [0.2, 0.25) is 0 Å². The molecule has 0 amide bonds. The number of nitrogens with zero attached hydrogens (tertiary/aromatic N) is 1. The van der Waals surface area contributed by atoms with Crippen LogP contribution in [0.4, 0.5) is 0 Å². The molecule has 1 atom stereocenters. The number of hydrogen-bond acceptors (Lipinski definition) is 5. The lowest BCUT2D eigenvalue weighted by Gasteiger charge is -2.21. The topological polar surface area (TPSA) is 100 Å². The largest absolute Gasteiger partial charge is 0.492 e. The Bertz CT molecular complexity index is 432. The Kier molecular flexibility index (Phi) is 7.56. The SMILES string of the molecule is CC(C)C(CCO)NCCOc1ccc(/C(N)=N/O)cc1. The van der Waals surface area contributed by atoms with Gasteiger partial charge in [-0.2, -0.15) is 0 Å². The molecule has 0 aromatic heterocycles. The minimum absolute atomic E-state index is 0.0759. The van der Waals surface area contributed by atoms with Crippen LogP contribution in [0.2, 0.25) is 0 Å². The molecular weight excluding hydrogens is 270 g/mol. The van der Waals surface area contributed by atoms with Gasteiger partial charge in [0.15, 0.2) is 5.84 Å². The van der Waals surface area contributed by atoms with Crippen LogP contribution in [-0.4, -0.2) is 41.9 Å². The van der Waals surface area contributed by atoms with Gasteiger partial charge >= 0.3 is 0 Å². The quantitative estimate of drug-likeness (QED) is 0.180. The number of aliphatic hydroxyl groups is 1. The van der Waals surface area contributed by atoms with Gasteiger partial charge in [-0.25, -0.2) is 0 Å². The smallest absolute Gasteiger partial charge is 0.170 e. The normalized spacial score (nSPS) is 13.4. The third kappa shape index (κ3) is 6.01. The summed E-state index contributed by atoms with van der Waals surface area (Å²) in [6.07, 6.45) is 0.742. The fourth-order valence-corrected chi connectivity index (χ4v) is 2.00. The molecule has 0 saturated heterocycles. The van der Waals surface area contributed by atoms with Crippen LogP contribution < -0.4 is 15.8 Å². The first-order valence-corrected chi connectivity index (χ1v) is 7.13. The maximum absolute atomic E-state index is 9.00. The Labute approximate surface area is 125 Å². The number of rotatable bonds is 9. The molecule has 0 radical (unpaired) electrons. The fraction of sp³-hybridized carbons (Fsp3) is 0.533. The van der Waals surface area contributed by atoms with Crippen molar-refractivity contribution in [3.63, 3.8) is 0 Å². The van der Waals surface area contributed by atoms with Crippen LogP contribution >= 0.6 is 0 Å². The molecule has 5 N–H and O–H groups in total. The molecular formula is C15H25N3O3. The van der Waals surface area contributed by atoms with E-state index in [0.29, 0.717) is 30.7 Å². The molecule has 118 valence electrons. The average molecular weight is 295 g/mol. The third-order valence-electron chi connectivity index (χ3n) is 3.28. The number of aliphatic hydroxyl groups excluding tert-OH is 1. The highest BCUT2D eigenvalue weighted by molar-refractivity contribution is 5.97. The molecule has 0 fully saturated rings. The van der Waals surface area contributed by atoms with Crippen LogP contribution in [0, 0.1) is 5.92 Å². The average Bonchev–Trinajstić information content (AvgIpc) is 2.50. The van der Waals surface area contributed by atoms with Gasteiger partial charge in [-0.05, 0) is 36.6 Å². The van der Waals surface area contributed by atoms with Gasteiger partial charge in [-0.1, -0.05) is 19.0 Å². The lowest BCUT2D eigenvalue weighted by Crippen LogP contribution is -2.37. The number of amidine groups is 1. The summed E-state index contributed by atoms with van der Waals surface area (Å²) >= 11 is 0. The number of nitrogens with one attached hydrogen (secondary N) is 1. The molecule has 0 saturated carbocycles. The monoisotopic (exact) mass is 295 g/mol. The zero-order valence-corrected chi connectivity index (χ0v) is 12.6. The van der Waals surface area contributed by atoms with Crippen LogP contribution in [0.5, 0.6) is 5.75 Å². The number of hydrogen-bond donors (Lipinski definition) is 4. The summed E-state index contributed by atoms with van der Waals surface area (Å²) in [5, 5.41) is 23.9. The molecule has 1 unspecified atom stereocenters. The molecule has 0 bridgehead atoms. The van der Waals surface area contributed by atoms with Gasteiger partial charge in [0.1, 0.15) is 12.4 Å². The standard InChI is InChI=1S/C15H25N3O3/c1-11(2)14(7-9-19)17-8-10-21-13-5-3-12(4-6-13)15(16)18-20/h3-6,11,14,17,19-20H,7-10H2,1-2H3,(H2,16,18). The summed E-state index contributed by atoms with van der Waals surface area (Å²) in [6.45, 7) is 5.69. The van der Waals surface area contributed by atoms with E-state index < -0.39 is 0 Å². The van der Waals surface area contributed by atoms with Crippen molar-refractivity contribution in [3.8, 4) is 5.75 Å². The Morgan fingerprint density at radius 2 is 2.00 bits per heavy atom. The molecule has 6 nitrogen and oxygen atoms in total. The van der Waals surface area contributed by atoms with Crippen molar-refractivity contribution in [2.45, 2.75) is 26.3 Å². The molecule has 0 spiro atoms. The van der Waals surface area contributed by atoms with E-state index in [1.165, 1.54) is 0 Å². The van der Waals surface area contributed by atoms with Crippen LogP contribution in [0.15, 0.2) is 29.4 Å². The van der Waals surface area contributed by atoms with Crippen molar-refractivity contribution in [1.82, 2.24) is 5.32 Å². The first-order valence-electron chi connectivity index (χ1n) is 7.13. The van der Waals surface area contributed by atoms with Crippen molar-refractivity contribution in [2.24, 2.45) is 16.8 Å². The second kappa shape index (κ2) is 9.20. The summed E-state index contributed by atoms with van der Waals surface area (Å²) < 4.78 is 5.61. The molecule has 6 heteroatoms. The first-order chi connectivity index (χ1) is 10.1. The van der Waals surface area contributed by atoms with Crippen molar-refractivity contribution in [1.29, 1.82) is 0 Å². The molecule has 1 aromatic rings. The van der Waals surface area contributed by atoms with E-state index >= 15 is 0 Å². The van der Waals surface area contributed by atoms with Crippen LogP contribution in [0.25, 0.3) is 0 Å². The molecule has 0 aliphatic carbocycles. The second-order valence-corrected chi connectivity index (χ2v) is 5.17.